The molecule has 0 saturated heterocycles. The van der Waals surface area contributed by atoms with Crippen molar-refractivity contribution in [2.24, 2.45) is 0 Å². The zero-order valence-electron chi connectivity index (χ0n) is 16.8. The molecule has 0 aliphatic rings. The summed E-state index contributed by atoms with van der Waals surface area (Å²) in [6.07, 6.45) is 2.18. The van der Waals surface area contributed by atoms with Crippen molar-refractivity contribution in [3.63, 3.8) is 0 Å². The van der Waals surface area contributed by atoms with Gasteiger partial charge in [0.25, 0.3) is 0 Å². The second-order valence-electron chi connectivity index (χ2n) is 7.44. The molecule has 0 N–H and O–H groups in total. The predicted molar refractivity (Wildman–Crippen MR) is 124 cm³/mol. The minimum atomic E-state index is -2.73. The summed E-state index contributed by atoms with van der Waals surface area (Å²) in [5.74, 6) is -0.109. The second-order valence-corrected chi connectivity index (χ2v) is 13.0. The summed E-state index contributed by atoms with van der Waals surface area (Å²) < 4.78 is 5.18. The van der Waals surface area contributed by atoms with Gasteiger partial charge in [0.1, 0.15) is 0 Å². The van der Waals surface area contributed by atoms with E-state index in [0.717, 1.165) is 12.6 Å². The van der Waals surface area contributed by atoms with Crippen LogP contribution >= 0.6 is 6.48 Å². The average molecular weight is 390 g/mol. The maximum absolute atomic E-state index is 12.0. The van der Waals surface area contributed by atoms with E-state index < -0.39 is 6.48 Å². The molecule has 144 valence electrons. The van der Waals surface area contributed by atoms with Crippen molar-refractivity contribution < 1.29 is 9.53 Å². The van der Waals surface area contributed by atoms with Gasteiger partial charge in [-0.2, -0.15) is 0 Å². The Morgan fingerprint density at radius 1 is 0.786 bits per heavy atom. The summed E-state index contributed by atoms with van der Waals surface area (Å²) in [7, 11) is 2.44. The summed E-state index contributed by atoms with van der Waals surface area (Å²) in [6, 6.07) is 32.5. The van der Waals surface area contributed by atoms with Crippen LogP contribution in [0.3, 0.4) is 0 Å². The van der Waals surface area contributed by atoms with E-state index in [4.69, 9.17) is 4.74 Å². The van der Waals surface area contributed by atoms with Crippen LogP contribution in [0.15, 0.2) is 91.0 Å². The van der Waals surface area contributed by atoms with Gasteiger partial charge in [0.2, 0.25) is 0 Å². The van der Waals surface area contributed by atoms with Gasteiger partial charge >= 0.3 is 169 Å². The van der Waals surface area contributed by atoms with E-state index in [1.54, 1.807) is 0 Å². The fraction of sp³-hybridized carbons (Fsp3) is 0.208. The molecule has 0 unspecified atom stereocenters. The Balaban J connectivity index is 2.17. The third-order valence-corrected chi connectivity index (χ3v) is 12.3. The van der Waals surface area contributed by atoms with Crippen LogP contribution in [0.1, 0.15) is 19.8 Å². The molecule has 0 fully saturated rings. The van der Waals surface area contributed by atoms with Crippen molar-refractivity contribution in [2.45, 2.75) is 19.8 Å². The van der Waals surface area contributed by atoms with Crippen molar-refractivity contribution >= 4 is 35.9 Å². The number of carbonyl (C=O) groups excluding carboxylic acids is 1. The van der Waals surface area contributed by atoms with Crippen LogP contribution in [0.2, 0.25) is 0 Å². The second kappa shape index (κ2) is 8.75. The molecular formula is C24H28BO2P. The van der Waals surface area contributed by atoms with Gasteiger partial charge in [-0.15, -0.1) is 0 Å². The van der Waals surface area contributed by atoms with Gasteiger partial charge in [-0.05, 0) is 0 Å². The summed E-state index contributed by atoms with van der Waals surface area (Å²) in [6.45, 7) is -0.442. The Hall–Kier alpha value is -2.38. The predicted octanol–water partition coefficient (Wildman–Crippen LogP) is 3.41. The SMILES string of the molecule is BP(CCCC(=O)OCC)(c1ccccc1)(c1ccccc1)c1ccccc1. The normalized spacial score (nSPS) is 12.7. The molecule has 2 nitrogen and oxygen atoms in total. The molecule has 0 radical (unpaired) electrons. The van der Waals surface area contributed by atoms with Gasteiger partial charge in [-0.25, -0.2) is 0 Å². The van der Waals surface area contributed by atoms with Crippen molar-refractivity contribution in [1.82, 2.24) is 0 Å². The molecule has 0 saturated carbocycles. The summed E-state index contributed by atoms with van der Waals surface area (Å²) in [5, 5.41) is 4.07. The topological polar surface area (TPSA) is 26.3 Å². The van der Waals surface area contributed by atoms with E-state index in [1.807, 2.05) is 6.92 Å². The quantitative estimate of drug-likeness (QED) is 0.335. The number of benzene rings is 3. The van der Waals surface area contributed by atoms with Crippen LogP contribution in [0, 0.1) is 0 Å². The van der Waals surface area contributed by atoms with Gasteiger partial charge in [-0.1, -0.05) is 0 Å². The molecule has 0 aromatic heterocycles. The first-order valence-corrected chi connectivity index (χ1v) is 12.8. The van der Waals surface area contributed by atoms with Gasteiger partial charge in [0, 0.05) is 0 Å². The van der Waals surface area contributed by atoms with Crippen LogP contribution in [0.4, 0.5) is 0 Å². The molecule has 0 aliphatic heterocycles. The molecule has 3 aromatic rings. The average Bonchev–Trinajstić information content (AvgIpc) is 2.76. The minimum absolute atomic E-state index is 0.109. The van der Waals surface area contributed by atoms with E-state index in [0.29, 0.717) is 13.0 Å². The van der Waals surface area contributed by atoms with E-state index in [9.17, 15) is 4.79 Å². The van der Waals surface area contributed by atoms with Gasteiger partial charge in [0.15, 0.2) is 0 Å². The number of hydrogen-bond donors (Lipinski definition) is 0. The molecule has 0 aliphatic carbocycles. The van der Waals surface area contributed by atoms with Crippen molar-refractivity contribution in [1.29, 1.82) is 0 Å². The Bertz CT molecular complexity index is 798. The monoisotopic (exact) mass is 390 g/mol. The molecule has 0 heterocycles. The Labute approximate surface area is 169 Å². The maximum atomic E-state index is 12.0. The molecule has 28 heavy (non-hydrogen) atoms. The standard InChI is InChI=1S/C24H28BO2P/c1-2-27-24(26)19-12-20-28(25,21-13-6-3-7-14-21,22-15-8-4-9-16-22)23-17-10-5-11-18-23/h3-11,13-18H,2,12,19-20,25H2,1H3. The first kappa shape index (κ1) is 20.4. The zero-order chi connectivity index (χ0) is 19.9. The van der Waals surface area contributed by atoms with Gasteiger partial charge in [-0.3, -0.25) is 0 Å². The Kier molecular flexibility index (Phi) is 6.37. The first-order chi connectivity index (χ1) is 13.6. The third kappa shape index (κ3) is 3.77. The van der Waals surface area contributed by atoms with Gasteiger partial charge < -0.3 is 0 Å². The van der Waals surface area contributed by atoms with Crippen LogP contribution in [0.5, 0.6) is 0 Å². The molecule has 4 heteroatoms. The number of hydrogen-bond acceptors (Lipinski definition) is 2. The summed E-state index contributed by atoms with van der Waals surface area (Å²) in [5.41, 5.74) is 0. The molecular weight excluding hydrogens is 362 g/mol. The number of rotatable bonds is 8. The molecule has 3 rings (SSSR count). The zero-order valence-corrected chi connectivity index (χ0v) is 17.6. The molecule has 0 atom stereocenters. The van der Waals surface area contributed by atoms with Crippen LogP contribution in [0.25, 0.3) is 0 Å². The first-order valence-electron chi connectivity index (χ1n) is 9.92. The van der Waals surface area contributed by atoms with Crippen LogP contribution in [-0.4, -0.2) is 26.3 Å². The summed E-state index contributed by atoms with van der Waals surface area (Å²) >= 11 is 0. The molecule has 0 bridgehead atoms. The number of carbonyl (C=O) groups is 1. The fourth-order valence-corrected chi connectivity index (χ4v) is 9.74. The van der Waals surface area contributed by atoms with Crippen LogP contribution in [-0.2, 0) is 9.53 Å². The van der Waals surface area contributed by atoms with Crippen molar-refractivity contribution in [3.8, 4) is 0 Å². The van der Waals surface area contributed by atoms with E-state index >= 15 is 0 Å². The molecule has 0 amide bonds. The van der Waals surface area contributed by atoms with Gasteiger partial charge in [0.05, 0.1) is 0 Å². The molecule has 3 aromatic carbocycles. The van der Waals surface area contributed by atoms with E-state index in [1.165, 1.54) is 15.9 Å². The van der Waals surface area contributed by atoms with Crippen molar-refractivity contribution in [2.75, 3.05) is 12.8 Å². The third-order valence-electron chi connectivity index (χ3n) is 5.77. The van der Waals surface area contributed by atoms with Crippen LogP contribution < -0.4 is 15.9 Å². The number of ether oxygens (including phenoxy) is 1. The molecule has 0 spiro atoms. The Morgan fingerprint density at radius 2 is 1.18 bits per heavy atom. The van der Waals surface area contributed by atoms with Crippen molar-refractivity contribution in [3.05, 3.63) is 91.0 Å². The fourth-order valence-electron chi connectivity index (χ4n) is 4.18. The Morgan fingerprint density at radius 3 is 1.54 bits per heavy atom. The van der Waals surface area contributed by atoms with E-state index in [-0.39, 0.29) is 5.97 Å². The number of esters is 1. The summed E-state index contributed by atoms with van der Waals surface area (Å²) in [4.78, 5) is 12.0. The van der Waals surface area contributed by atoms with E-state index in [2.05, 4.69) is 98.6 Å².